The lowest BCUT2D eigenvalue weighted by Gasteiger charge is -2.16. The van der Waals surface area contributed by atoms with E-state index in [1.54, 1.807) is 21.3 Å². The van der Waals surface area contributed by atoms with Gasteiger partial charge in [-0.1, -0.05) is 29.4 Å². The molecule has 0 bridgehead atoms. The summed E-state index contributed by atoms with van der Waals surface area (Å²) in [6, 6.07) is 16.1. The number of aryl methyl sites for hydroxylation is 2. The molecular weight excluding hydrogens is 444 g/mol. The van der Waals surface area contributed by atoms with E-state index < -0.39 is 0 Å². The van der Waals surface area contributed by atoms with Crippen LogP contribution < -0.4 is 20.1 Å². The van der Waals surface area contributed by atoms with Crippen molar-refractivity contribution in [1.29, 1.82) is 0 Å². The first-order valence-corrected chi connectivity index (χ1v) is 11.1. The molecule has 5 aromatic rings. The number of hydrogen-bond acceptors (Lipinski definition) is 8. The van der Waals surface area contributed by atoms with Crippen molar-refractivity contribution in [3.8, 4) is 34.2 Å². The van der Waals surface area contributed by atoms with Gasteiger partial charge in [0.05, 0.1) is 19.8 Å². The first kappa shape index (κ1) is 22.3. The third-order valence-corrected chi connectivity index (χ3v) is 5.90. The van der Waals surface area contributed by atoms with Crippen LogP contribution in [-0.2, 0) is 0 Å². The van der Waals surface area contributed by atoms with Gasteiger partial charge in [-0.25, -0.2) is 4.98 Å². The zero-order valence-corrected chi connectivity index (χ0v) is 20.2. The second-order valence-electron chi connectivity index (χ2n) is 8.04. The van der Waals surface area contributed by atoms with Gasteiger partial charge in [0.1, 0.15) is 17.2 Å². The number of hydrogen-bond donors (Lipinski definition) is 2. The number of methoxy groups -OCH3 is 2. The number of fused-ring (bicyclic) bond motifs is 1. The molecule has 0 atom stereocenters. The van der Waals surface area contributed by atoms with Crippen LogP contribution in [-0.4, -0.2) is 40.8 Å². The summed E-state index contributed by atoms with van der Waals surface area (Å²) in [5, 5.41) is 14.8. The molecule has 9 nitrogen and oxygen atoms in total. The van der Waals surface area contributed by atoms with E-state index in [0.29, 0.717) is 34.7 Å². The van der Waals surface area contributed by atoms with E-state index in [4.69, 9.17) is 18.9 Å². The molecule has 35 heavy (non-hydrogen) atoms. The average Bonchev–Trinajstić information content (AvgIpc) is 3.50. The van der Waals surface area contributed by atoms with Gasteiger partial charge in [-0.3, -0.25) is 4.40 Å². The number of imidazole rings is 1. The second-order valence-corrected chi connectivity index (χ2v) is 8.04. The van der Waals surface area contributed by atoms with E-state index in [-0.39, 0.29) is 0 Å². The van der Waals surface area contributed by atoms with Crippen molar-refractivity contribution in [3.63, 3.8) is 0 Å². The van der Waals surface area contributed by atoms with E-state index >= 15 is 0 Å². The molecule has 178 valence electrons. The first-order valence-electron chi connectivity index (χ1n) is 11.1. The number of nitrogens with zero attached hydrogens (tertiary/aromatic N) is 4. The van der Waals surface area contributed by atoms with Gasteiger partial charge in [0.2, 0.25) is 0 Å². The van der Waals surface area contributed by atoms with Crippen molar-refractivity contribution in [2.75, 3.05) is 31.9 Å². The van der Waals surface area contributed by atoms with Crippen LogP contribution in [0.15, 0.2) is 59.1 Å². The molecule has 0 saturated heterocycles. The maximum Gasteiger partial charge on any atom is 0.315 e. The molecule has 3 heterocycles. The van der Waals surface area contributed by atoms with E-state index in [1.165, 1.54) is 0 Å². The van der Waals surface area contributed by atoms with Crippen molar-refractivity contribution in [2.24, 2.45) is 0 Å². The summed E-state index contributed by atoms with van der Waals surface area (Å²) in [5.74, 6) is 2.25. The molecule has 5 rings (SSSR count). The Balaban J connectivity index is 1.79. The number of benzene rings is 2. The lowest BCUT2D eigenvalue weighted by Crippen LogP contribution is -2.01. The number of aromatic nitrogens is 4. The van der Waals surface area contributed by atoms with Crippen LogP contribution in [0.5, 0.6) is 11.5 Å². The maximum atomic E-state index is 5.84. The molecule has 3 aromatic heterocycles. The van der Waals surface area contributed by atoms with Gasteiger partial charge in [-0.2, -0.15) is 0 Å². The maximum absolute atomic E-state index is 5.84. The summed E-state index contributed by atoms with van der Waals surface area (Å²) in [4.78, 5) is 4.98. The van der Waals surface area contributed by atoms with Crippen LogP contribution in [0.25, 0.3) is 28.4 Å². The Morgan fingerprint density at radius 1 is 0.886 bits per heavy atom. The highest BCUT2D eigenvalue weighted by molar-refractivity contribution is 5.89. The predicted molar refractivity (Wildman–Crippen MR) is 136 cm³/mol. The van der Waals surface area contributed by atoms with Gasteiger partial charge < -0.3 is 24.5 Å². The third kappa shape index (κ3) is 3.90. The fraction of sp³-hybridized carbons (Fsp3) is 0.192. The standard InChI is InChI=1S/C26H26N6O3/c1-15-9-8-10-16(2)22(15)29-24-23(28-21-11-6-7-12-32(21)24)17-13-19(33-4)20(34-5)14-18(17)25-30-31-26(27-3)35-25/h6-14,29H,1-5H3,(H,27,31). The molecule has 0 amide bonds. The fourth-order valence-corrected chi connectivity index (χ4v) is 4.12. The minimum Gasteiger partial charge on any atom is -0.493 e. The molecule has 0 aliphatic rings. The molecule has 0 saturated carbocycles. The first-order chi connectivity index (χ1) is 17.0. The highest BCUT2D eigenvalue weighted by atomic mass is 16.5. The summed E-state index contributed by atoms with van der Waals surface area (Å²) in [6.07, 6.45) is 1.98. The van der Waals surface area contributed by atoms with Gasteiger partial charge in [-0.15, -0.1) is 5.10 Å². The van der Waals surface area contributed by atoms with Crippen LogP contribution in [0.3, 0.4) is 0 Å². The summed E-state index contributed by atoms with van der Waals surface area (Å²) < 4.78 is 19.1. The molecule has 9 heteroatoms. The lowest BCUT2D eigenvalue weighted by atomic mass is 10.0. The Labute approximate surface area is 202 Å². The normalized spacial score (nSPS) is 11.0. The Bertz CT molecular complexity index is 1500. The monoisotopic (exact) mass is 470 g/mol. The van der Waals surface area contributed by atoms with Crippen molar-refractivity contribution in [2.45, 2.75) is 13.8 Å². The van der Waals surface area contributed by atoms with Crippen LogP contribution in [0.2, 0.25) is 0 Å². The van der Waals surface area contributed by atoms with Gasteiger partial charge in [0, 0.05) is 24.5 Å². The SMILES string of the molecule is CNc1nnc(-c2cc(OC)c(OC)cc2-c2nc3ccccn3c2Nc2c(C)cccc2C)o1. The van der Waals surface area contributed by atoms with Crippen molar-refractivity contribution in [3.05, 3.63) is 65.9 Å². The molecule has 2 aromatic carbocycles. The molecule has 0 unspecified atom stereocenters. The quantitative estimate of drug-likeness (QED) is 0.323. The van der Waals surface area contributed by atoms with Crippen molar-refractivity contribution in [1.82, 2.24) is 19.6 Å². The zero-order valence-electron chi connectivity index (χ0n) is 20.2. The molecule has 0 spiro atoms. The predicted octanol–water partition coefficient (Wildman–Crippen LogP) is 5.47. The third-order valence-electron chi connectivity index (χ3n) is 5.90. The summed E-state index contributed by atoms with van der Waals surface area (Å²) in [7, 11) is 4.92. The summed E-state index contributed by atoms with van der Waals surface area (Å²) in [6.45, 7) is 4.16. The number of para-hydroxylation sites is 1. The number of anilines is 3. The molecule has 0 aliphatic heterocycles. The summed E-state index contributed by atoms with van der Waals surface area (Å²) in [5.41, 5.74) is 6.21. The average molecular weight is 471 g/mol. The summed E-state index contributed by atoms with van der Waals surface area (Å²) >= 11 is 0. The van der Waals surface area contributed by atoms with Gasteiger partial charge >= 0.3 is 6.01 Å². The van der Waals surface area contributed by atoms with Gasteiger partial charge in [0.25, 0.3) is 5.89 Å². The van der Waals surface area contributed by atoms with E-state index in [0.717, 1.165) is 33.8 Å². The molecule has 0 aliphatic carbocycles. The Morgan fingerprint density at radius 2 is 1.60 bits per heavy atom. The largest absolute Gasteiger partial charge is 0.493 e. The lowest BCUT2D eigenvalue weighted by molar-refractivity contribution is 0.355. The number of nitrogens with one attached hydrogen (secondary N) is 2. The molecule has 0 fully saturated rings. The Kier molecular flexibility index (Phi) is 5.74. The molecule has 0 radical (unpaired) electrons. The number of ether oxygens (including phenoxy) is 2. The second kappa shape index (κ2) is 9.02. The van der Waals surface area contributed by atoms with E-state index in [1.807, 2.05) is 47.0 Å². The topological polar surface area (TPSA) is 98.7 Å². The van der Waals surface area contributed by atoms with Gasteiger partial charge in [0.15, 0.2) is 11.5 Å². The number of pyridine rings is 1. The van der Waals surface area contributed by atoms with Crippen LogP contribution >= 0.6 is 0 Å². The molecular formula is C26H26N6O3. The smallest absolute Gasteiger partial charge is 0.315 e. The van der Waals surface area contributed by atoms with Crippen molar-refractivity contribution >= 4 is 23.2 Å². The minimum absolute atomic E-state index is 0.310. The van der Waals surface area contributed by atoms with Crippen LogP contribution in [0.1, 0.15) is 11.1 Å². The highest BCUT2D eigenvalue weighted by Gasteiger charge is 2.24. The number of rotatable bonds is 7. The molecule has 2 N–H and O–H groups in total. The van der Waals surface area contributed by atoms with Crippen LogP contribution in [0, 0.1) is 13.8 Å². The Morgan fingerprint density at radius 3 is 2.26 bits per heavy atom. The fourth-order valence-electron chi connectivity index (χ4n) is 4.12. The minimum atomic E-state index is 0.310. The van der Waals surface area contributed by atoms with Gasteiger partial charge in [-0.05, 0) is 49.2 Å². The van der Waals surface area contributed by atoms with E-state index in [9.17, 15) is 0 Å². The zero-order chi connectivity index (χ0) is 24.5. The Hall–Kier alpha value is -4.53. The van der Waals surface area contributed by atoms with Crippen LogP contribution in [0.4, 0.5) is 17.5 Å². The van der Waals surface area contributed by atoms with Crippen molar-refractivity contribution < 1.29 is 13.9 Å². The highest BCUT2D eigenvalue weighted by Crippen LogP contribution is 2.43. The van der Waals surface area contributed by atoms with E-state index in [2.05, 4.69) is 46.8 Å².